The number of benzene rings is 2. The third-order valence-corrected chi connectivity index (χ3v) is 6.59. The number of hydrogen-bond acceptors (Lipinski definition) is 4. The lowest BCUT2D eigenvalue weighted by Gasteiger charge is -2.24. The maximum atomic E-state index is 12.8. The number of anilines is 1. The molecule has 1 fully saturated rings. The van der Waals surface area contributed by atoms with Gasteiger partial charge in [-0.05, 0) is 49.2 Å². The molecule has 1 aliphatic rings. The minimum absolute atomic E-state index is 0. The van der Waals surface area contributed by atoms with Crippen LogP contribution in [-0.4, -0.2) is 45.4 Å². The van der Waals surface area contributed by atoms with Gasteiger partial charge < -0.3 is 10.6 Å². The van der Waals surface area contributed by atoms with Gasteiger partial charge in [-0.2, -0.15) is 0 Å². The minimum atomic E-state index is -3.68. The summed E-state index contributed by atoms with van der Waals surface area (Å²) in [7, 11) is -2.17. The number of carbonyl (C=O) groups excluding carboxylic acids is 1. The van der Waals surface area contributed by atoms with Gasteiger partial charge in [0.15, 0.2) is 0 Å². The first-order valence-electron chi connectivity index (χ1n) is 8.60. The molecule has 0 saturated carbocycles. The third-order valence-electron chi connectivity index (χ3n) is 4.79. The molecule has 27 heavy (non-hydrogen) atoms. The van der Waals surface area contributed by atoms with Gasteiger partial charge in [0.2, 0.25) is 0 Å². The molecule has 8 heteroatoms. The SMILES string of the molecule is CN(c1ccccc1)S(=O)(=O)c1ccc(C(=O)N2CCCC2CN)cc1.Cl. The van der Waals surface area contributed by atoms with Crippen molar-refractivity contribution in [1.82, 2.24) is 4.90 Å². The van der Waals surface area contributed by atoms with Crippen LogP contribution < -0.4 is 10.0 Å². The number of nitrogens with two attached hydrogens (primary N) is 1. The van der Waals surface area contributed by atoms with Gasteiger partial charge in [0.1, 0.15) is 0 Å². The number of likely N-dealkylation sites (tertiary alicyclic amines) is 1. The first kappa shape index (κ1) is 21.2. The predicted molar refractivity (Wildman–Crippen MR) is 109 cm³/mol. The summed E-state index contributed by atoms with van der Waals surface area (Å²) in [6.07, 6.45) is 1.86. The van der Waals surface area contributed by atoms with E-state index in [9.17, 15) is 13.2 Å². The number of carbonyl (C=O) groups is 1. The number of amides is 1. The number of rotatable bonds is 5. The fourth-order valence-corrected chi connectivity index (χ4v) is 4.41. The van der Waals surface area contributed by atoms with E-state index >= 15 is 0 Å². The van der Waals surface area contributed by atoms with E-state index in [1.807, 2.05) is 6.07 Å². The first-order valence-corrected chi connectivity index (χ1v) is 10.0. The van der Waals surface area contributed by atoms with Crippen molar-refractivity contribution in [3.8, 4) is 0 Å². The van der Waals surface area contributed by atoms with Crippen LogP contribution in [-0.2, 0) is 10.0 Å². The Kier molecular flexibility index (Phi) is 6.86. The highest BCUT2D eigenvalue weighted by molar-refractivity contribution is 7.92. The summed E-state index contributed by atoms with van der Waals surface area (Å²) in [5.41, 5.74) is 6.79. The summed E-state index contributed by atoms with van der Waals surface area (Å²) in [5.74, 6) is -0.0988. The maximum absolute atomic E-state index is 12.8. The van der Waals surface area contributed by atoms with Gasteiger partial charge in [0, 0.05) is 31.7 Å². The van der Waals surface area contributed by atoms with Crippen LogP contribution in [0.4, 0.5) is 5.69 Å². The molecule has 0 bridgehead atoms. The van der Waals surface area contributed by atoms with Crippen LogP contribution in [0, 0.1) is 0 Å². The summed E-state index contributed by atoms with van der Waals surface area (Å²) < 4.78 is 26.8. The van der Waals surface area contributed by atoms with Gasteiger partial charge in [-0.3, -0.25) is 9.10 Å². The van der Waals surface area contributed by atoms with Crippen LogP contribution in [0.2, 0.25) is 0 Å². The van der Waals surface area contributed by atoms with Crippen molar-refractivity contribution in [2.45, 2.75) is 23.8 Å². The Balaban J connectivity index is 0.00000261. The van der Waals surface area contributed by atoms with E-state index < -0.39 is 10.0 Å². The highest BCUT2D eigenvalue weighted by Crippen LogP contribution is 2.23. The van der Waals surface area contributed by atoms with E-state index in [0.717, 1.165) is 12.8 Å². The van der Waals surface area contributed by atoms with E-state index in [-0.39, 0.29) is 29.3 Å². The number of para-hydroxylation sites is 1. The van der Waals surface area contributed by atoms with E-state index in [2.05, 4.69) is 0 Å². The normalized spacial score (nSPS) is 16.7. The highest BCUT2D eigenvalue weighted by atomic mass is 35.5. The number of halogens is 1. The van der Waals surface area contributed by atoms with Crippen molar-refractivity contribution in [3.05, 3.63) is 60.2 Å². The van der Waals surface area contributed by atoms with Gasteiger partial charge in [0.05, 0.1) is 10.6 Å². The van der Waals surface area contributed by atoms with Crippen molar-refractivity contribution in [3.63, 3.8) is 0 Å². The minimum Gasteiger partial charge on any atom is -0.334 e. The van der Waals surface area contributed by atoms with Gasteiger partial charge in [0.25, 0.3) is 15.9 Å². The van der Waals surface area contributed by atoms with Crippen LogP contribution in [0.3, 0.4) is 0 Å². The Bertz CT molecular complexity index is 873. The lowest BCUT2D eigenvalue weighted by atomic mass is 10.1. The summed E-state index contributed by atoms with van der Waals surface area (Å²) in [5, 5.41) is 0. The third kappa shape index (κ3) is 4.26. The molecule has 1 saturated heterocycles. The summed E-state index contributed by atoms with van der Waals surface area (Å²) in [4.78, 5) is 14.6. The molecule has 1 atom stereocenters. The number of sulfonamides is 1. The zero-order valence-corrected chi connectivity index (χ0v) is 16.7. The van der Waals surface area contributed by atoms with Gasteiger partial charge >= 0.3 is 0 Å². The second-order valence-corrected chi connectivity index (χ2v) is 8.33. The Hall–Kier alpha value is -2.09. The molecule has 0 radical (unpaired) electrons. The topological polar surface area (TPSA) is 83.7 Å². The van der Waals surface area contributed by atoms with Gasteiger partial charge in [-0.1, -0.05) is 18.2 Å². The maximum Gasteiger partial charge on any atom is 0.264 e. The molecule has 1 amide bonds. The Labute approximate surface area is 166 Å². The van der Waals surface area contributed by atoms with Crippen molar-refractivity contribution < 1.29 is 13.2 Å². The molecule has 3 rings (SSSR count). The molecule has 0 aliphatic carbocycles. The molecule has 0 aromatic heterocycles. The predicted octanol–water partition coefficient (Wildman–Crippen LogP) is 2.50. The molecular formula is C19H24ClN3O3S. The van der Waals surface area contributed by atoms with Crippen molar-refractivity contribution in [2.24, 2.45) is 5.73 Å². The molecule has 0 spiro atoms. The molecular weight excluding hydrogens is 386 g/mol. The van der Waals surface area contributed by atoms with Crippen molar-refractivity contribution >= 4 is 34.0 Å². The van der Waals surface area contributed by atoms with E-state index in [1.165, 1.54) is 23.5 Å². The zero-order chi connectivity index (χ0) is 18.7. The average Bonchev–Trinajstić information content (AvgIpc) is 3.16. The van der Waals surface area contributed by atoms with Crippen LogP contribution in [0.15, 0.2) is 59.5 Å². The Morgan fingerprint density at radius 1 is 1.15 bits per heavy atom. The Morgan fingerprint density at radius 3 is 2.37 bits per heavy atom. The average molecular weight is 410 g/mol. The number of hydrogen-bond donors (Lipinski definition) is 1. The first-order chi connectivity index (χ1) is 12.4. The fraction of sp³-hybridized carbons (Fsp3) is 0.316. The van der Waals surface area contributed by atoms with E-state index in [0.29, 0.717) is 24.3 Å². The molecule has 1 heterocycles. The molecule has 2 aromatic rings. The summed E-state index contributed by atoms with van der Waals surface area (Å²) >= 11 is 0. The lowest BCUT2D eigenvalue weighted by Crippen LogP contribution is -2.39. The largest absolute Gasteiger partial charge is 0.334 e. The molecule has 1 aliphatic heterocycles. The summed E-state index contributed by atoms with van der Waals surface area (Å²) in [6.45, 7) is 1.14. The molecule has 2 N–H and O–H groups in total. The van der Waals surface area contributed by atoms with Crippen LogP contribution in [0.1, 0.15) is 23.2 Å². The van der Waals surface area contributed by atoms with Gasteiger partial charge in [-0.15, -0.1) is 12.4 Å². The monoisotopic (exact) mass is 409 g/mol. The second-order valence-electron chi connectivity index (χ2n) is 6.36. The molecule has 146 valence electrons. The van der Waals surface area contributed by atoms with E-state index in [1.54, 1.807) is 41.3 Å². The quantitative estimate of drug-likeness (QED) is 0.822. The smallest absolute Gasteiger partial charge is 0.264 e. The fourth-order valence-electron chi connectivity index (χ4n) is 3.22. The van der Waals surface area contributed by atoms with Crippen LogP contribution >= 0.6 is 12.4 Å². The summed E-state index contributed by atoms with van der Waals surface area (Å²) in [6, 6.07) is 15.0. The molecule has 2 aromatic carbocycles. The van der Waals surface area contributed by atoms with E-state index in [4.69, 9.17) is 5.73 Å². The van der Waals surface area contributed by atoms with Crippen LogP contribution in [0.5, 0.6) is 0 Å². The molecule has 1 unspecified atom stereocenters. The second kappa shape index (κ2) is 8.73. The zero-order valence-electron chi connectivity index (χ0n) is 15.1. The van der Waals surface area contributed by atoms with Crippen molar-refractivity contribution in [2.75, 3.05) is 24.4 Å². The highest BCUT2D eigenvalue weighted by Gasteiger charge is 2.29. The lowest BCUT2D eigenvalue weighted by molar-refractivity contribution is 0.0741. The van der Waals surface area contributed by atoms with Gasteiger partial charge in [-0.25, -0.2) is 8.42 Å². The number of nitrogens with zero attached hydrogens (tertiary/aromatic N) is 2. The van der Waals surface area contributed by atoms with Crippen LogP contribution in [0.25, 0.3) is 0 Å². The molecule has 6 nitrogen and oxygen atoms in total. The van der Waals surface area contributed by atoms with Crippen molar-refractivity contribution in [1.29, 1.82) is 0 Å². The Morgan fingerprint density at radius 2 is 1.78 bits per heavy atom. The standard InChI is InChI=1S/C19H23N3O3S.ClH/c1-21(16-6-3-2-4-7-16)26(24,25)18-11-9-15(10-12-18)19(23)22-13-5-8-17(22)14-20;/h2-4,6-7,9-12,17H,5,8,13-14,20H2,1H3;1H.